The Bertz CT molecular complexity index is 1150. The molecule has 6 heteroatoms. The van der Waals surface area contributed by atoms with E-state index in [1.54, 1.807) is 0 Å². The van der Waals surface area contributed by atoms with Crippen molar-refractivity contribution in [1.82, 2.24) is 4.57 Å². The Morgan fingerprint density at radius 3 is 2.59 bits per heavy atom. The average Bonchev–Trinajstić information content (AvgIpc) is 3.04. The molecule has 3 aromatic rings. The lowest BCUT2D eigenvalue weighted by molar-refractivity contribution is 0.130. The molecule has 0 spiro atoms. The van der Waals surface area contributed by atoms with Gasteiger partial charge in [0.1, 0.15) is 12.4 Å². The summed E-state index contributed by atoms with van der Waals surface area (Å²) in [7, 11) is 0. The number of ether oxygens (including phenoxy) is 2. The summed E-state index contributed by atoms with van der Waals surface area (Å²) in [6.07, 6.45) is 8.85. The third-order valence-electron chi connectivity index (χ3n) is 5.65. The molecule has 1 fully saturated rings. The van der Waals surface area contributed by atoms with Crippen LogP contribution in [0.15, 0.2) is 42.5 Å². The van der Waals surface area contributed by atoms with Gasteiger partial charge >= 0.3 is 6.09 Å². The predicted molar refractivity (Wildman–Crippen MR) is 130 cm³/mol. The van der Waals surface area contributed by atoms with Crippen LogP contribution in [0.1, 0.15) is 44.7 Å². The lowest BCUT2D eigenvalue weighted by Gasteiger charge is -2.30. The van der Waals surface area contributed by atoms with Crippen LogP contribution in [-0.4, -0.2) is 29.3 Å². The molecule has 0 radical (unpaired) electrons. The van der Waals surface area contributed by atoms with Crippen molar-refractivity contribution in [1.29, 1.82) is 0 Å². The molecule has 1 aliphatic rings. The highest BCUT2D eigenvalue weighted by molar-refractivity contribution is 6.18. The number of fused-ring (bicyclic) bond motifs is 1. The van der Waals surface area contributed by atoms with E-state index in [0.717, 1.165) is 46.3 Å². The van der Waals surface area contributed by atoms with Crippen LogP contribution in [0.3, 0.4) is 0 Å². The molecule has 1 saturated carbocycles. The average molecular weight is 451 g/mol. The maximum absolute atomic E-state index is 11.9. The first-order valence-corrected chi connectivity index (χ1v) is 11.5. The third kappa shape index (κ3) is 4.42. The Morgan fingerprint density at radius 1 is 1.25 bits per heavy atom. The number of aromatic nitrogens is 1. The van der Waals surface area contributed by atoms with Gasteiger partial charge in [-0.3, -0.25) is 5.32 Å². The smallest absolute Gasteiger partial charge is 0.411 e. The summed E-state index contributed by atoms with van der Waals surface area (Å²) in [5, 5.41) is 3.76. The van der Waals surface area contributed by atoms with Crippen molar-refractivity contribution in [2.75, 3.05) is 17.8 Å². The highest BCUT2D eigenvalue weighted by Gasteiger charge is 2.27. The standard InChI is InChI=1S/C26H27ClN2O3/c1-4-22-23-16-21(31-15-14-27)12-13-24(23)29(20-6-5-7-20)25(22)18-8-10-19(11-9-18)28-26(30)32-17(2)3/h1,8-13,16-17,20H,5-7,14-15H2,2-3H3,(H,28,30). The zero-order valence-electron chi connectivity index (χ0n) is 18.4. The van der Waals surface area contributed by atoms with E-state index in [0.29, 0.717) is 24.2 Å². The summed E-state index contributed by atoms with van der Waals surface area (Å²) in [6, 6.07) is 14.2. The number of alkyl halides is 1. The minimum Gasteiger partial charge on any atom is -0.492 e. The number of rotatable bonds is 7. The third-order valence-corrected chi connectivity index (χ3v) is 5.81. The Balaban J connectivity index is 1.75. The minimum atomic E-state index is -0.467. The predicted octanol–water partition coefficient (Wildman–Crippen LogP) is 6.59. The van der Waals surface area contributed by atoms with Gasteiger partial charge in [0, 0.05) is 17.1 Å². The van der Waals surface area contributed by atoms with Crippen LogP contribution in [0, 0.1) is 12.3 Å². The van der Waals surface area contributed by atoms with Gasteiger partial charge in [0.05, 0.1) is 28.8 Å². The van der Waals surface area contributed by atoms with Crippen LogP contribution in [0.25, 0.3) is 22.2 Å². The van der Waals surface area contributed by atoms with Crippen LogP contribution in [0.4, 0.5) is 10.5 Å². The van der Waals surface area contributed by atoms with Crippen molar-refractivity contribution < 1.29 is 14.3 Å². The quantitative estimate of drug-likeness (QED) is 0.326. The second-order valence-electron chi connectivity index (χ2n) is 8.20. The molecular weight excluding hydrogens is 424 g/mol. The van der Waals surface area contributed by atoms with Gasteiger partial charge in [0.2, 0.25) is 0 Å². The van der Waals surface area contributed by atoms with Crippen LogP contribution >= 0.6 is 11.6 Å². The van der Waals surface area contributed by atoms with Crippen LogP contribution in [-0.2, 0) is 4.74 Å². The zero-order chi connectivity index (χ0) is 22.7. The fourth-order valence-electron chi connectivity index (χ4n) is 4.07. The van der Waals surface area contributed by atoms with Crippen molar-refractivity contribution in [2.45, 2.75) is 45.3 Å². The van der Waals surface area contributed by atoms with E-state index in [2.05, 4.69) is 21.9 Å². The van der Waals surface area contributed by atoms with Crippen LogP contribution in [0.2, 0.25) is 0 Å². The summed E-state index contributed by atoms with van der Waals surface area (Å²) < 4.78 is 13.3. The normalized spacial score (nSPS) is 13.6. The number of carbonyl (C=O) groups excluding carboxylic acids is 1. The summed E-state index contributed by atoms with van der Waals surface area (Å²) in [5.74, 6) is 4.11. The molecule has 0 unspecified atom stereocenters. The molecule has 1 aliphatic carbocycles. The van der Waals surface area contributed by atoms with Gasteiger partial charge in [0.15, 0.2) is 0 Å². The molecule has 32 heavy (non-hydrogen) atoms. The van der Waals surface area contributed by atoms with Gasteiger partial charge in [-0.25, -0.2) is 4.79 Å². The molecule has 0 aliphatic heterocycles. The van der Waals surface area contributed by atoms with E-state index in [1.807, 2.05) is 50.2 Å². The van der Waals surface area contributed by atoms with Gasteiger partial charge in [0.25, 0.3) is 0 Å². The van der Waals surface area contributed by atoms with Crippen molar-refractivity contribution in [3.05, 3.63) is 48.0 Å². The Kier molecular flexibility index (Phi) is 6.62. The number of amides is 1. The highest BCUT2D eigenvalue weighted by atomic mass is 35.5. The molecule has 2 aromatic carbocycles. The van der Waals surface area contributed by atoms with Gasteiger partial charge in [-0.05, 0) is 69.0 Å². The number of halogens is 1. The number of hydrogen-bond donors (Lipinski definition) is 1. The first-order valence-electron chi connectivity index (χ1n) is 10.9. The monoisotopic (exact) mass is 450 g/mol. The Hall–Kier alpha value is -3.10. The molecule has 0 atom stereocenters. The summed E-state index contributed by atoms with van der Waals surface area (Å²) >= 11 is 5.78. The molecule has 1 heterocycles. The van der Waals surface area contributed by atoms with Crippen molar-refractivity contribution in [3.63, 3.8) is 0 Å². The number of terminal acetylenes is 1. The lowest BCUT2D eigenvalue weighted by Crippen LogP contribution is -2.18. The zero-order valence-corrected chi connectivity index (χ0v) is 19.1. The summed E-state index contributed by atoms with van der Waals surface area (Å²) in [4.78, 5) is 11.9. The molecule has 1 aromatic heterocycles. The molecule has 166 valence electrons. The fourth-order valence-corrected chi connectivity index (χ4v) is 4.14. The number of anilines is 1. The summed E-state index contributed by atoms with van der Waals surface area (Å²) in [5.41, 5.74) is 4.66. The Morgan fingerprint density at radius 2 is 2.00 bits per heavy atom. The number of nitrogens with zero attached hydrogens (tertiary/aromatic N) is 1. The number of carbonyl (C=O) groups is 1. The number of benzene rings is 2. The number of hydrogen-bond acceptors (Lipinski definition) is 3. The number of nitrogens with one attached hydrogen (secondary N) is 1. The van der Waals surface area contributed by atoms with Crippen LogP contribution in [0.5, 0.6) is 5.75 Å². The molecule has 1 N–H and O–H groups in total. The minimum absolute atomic E-state index is 0.177. The second-order valence-corrected chi connectivity index (χ2v) is 8.57. The van der Waals surface area contributed by atoms with E-state index in [4.69, 9.17) is 27.5 Å². The van der Waals surface area contributed by atoms with E-state index in [-0.39, 0.29) is 6.10 Å². The van der Waals surface area contributed by atoms with Crippen LogP contribution < -0.4 is 10.1 Å². The first-order chi connectivity index (χ1) is 15.5. The van der Waals surface area contributed by atoms with Gasteiger partial charge in [-0.2, -0.15) is 0 Å². The molecule has 1 amide bonds. The van der Waals surface area contributed by atoms with Gasteiger partial charge in [-0.1, -0.05) is 18.1 Å². The molecule has 5 nitrogen and oxygen atoms in total. The topological polar surface area (TPSA) is 52.5 Å². The molecule has 0 bridgehead atoms. The second kappa shape index (κ2) is 9.58. The molecule has 0 saturated heterocycles. The van der Waals surface area contributed by atoms with Crippen molar-refractivity contribution in [2.24, 2.45) is 0 Å². The van der Waals surface area contributed by atoms with E-state index in [1.165, 1.54) is 6.42 Å². The van der Waals surface area contributed by atoms with E-state index in [9.17, 15) is 4.79 Å². The highest BCUT2D eigenvalue weighted by Crippen LogP contribution is 2.43. The summed E-state index contributed by atoms with van der Waals surface area (Å²) in [6.45, 7) is 4.08. The largest absolute Gasteiger partial charge is 0.492 e. The fraction of sp³-hybridized carbons (Fsp3) is 0.346. The lowest BCUT2D eigenvalue weighted by atomic mass is 9.92. The maximum atomic E-state index is 11.9. The van der Waals surface area contributed by atoms with E-state index >= 15 is 0 Å². The molecular formula is C26H27ClN2O3. The Labute approximate surface area is 193 Å². The maximum Gasteiger partial charge on any atom is 0.411 e. The first kappa shape index (κ1) is 22.1. The molecule has 4 rings (SSSR count). The SMILES string of the molecule is C#Cc1c(-c2ccc(NC(=O)OC(C)C)cc2)n(C2CCC2)c2ccc(OCCCl)cc12. The van der Waals surface area contributed by atoms with E-state index < -0.39 is 6.09 Å². The van der Waals surface area contributed by atoms with Crippen molar-refractivity contribution >= 4 is 34.3 Å². The van der Waals surface area contributed by atoms with Gasteiger partial charge < -0.3 is 14.0 Å². The van der Waals surface area contributed by atoms with Crippen molar-refractivity contribution in [3.8, 4) is 29.4 Å². The van der Waals surface area contributed by atoms with Gasteiger partial charge in [-0.15, -0.1) is 18.0 Å².